The number of aromatic nitrogens is 2. The summed E-state index contributed by atoms with van der Waals surface area (Å²) in [6.45, 7) is 7.10. The maximum absolute atomic E-state index is 13.0. The van der Waals surface area contributed by atoms with Crippen molar-refractivity contribution in [2.24, 2.45) is 0 Å². The summed E-state index contributed by atoms with van der Waals surface area (Å²) >= 11 is 0. The van der Waals surface area contributed by atoms with Gasteiger partial charge in [0.2, 0.25) is 5.91 Å². The monoisotopic (exact) mass is 389 g/mol. The number of carbonyl (C=O) groups is 1. The molecule has 2 aromatic rings. The zero-order chi connectivity index (χ0) is 20.3. The Kier molecular flexibility index (Phi) is 6.03. The van der Waals surface area contributed by atoms with Gasteiger partial charge in [0.1, 0.15) is 17.2 Å². The number of nitro groups is 1. The van der Waals surface area contributed by atoms with Crippen molar-refractivity contribution in [2.75, 3.05) is 26.2 Å². The zero-order valence-corrected chi connectivity index (χ0v) is 16.1. The van der Waals surface area contributed by atoms with Gasteiger partial charge in [0.25, 0.3) is 0 Å². The Hall–Kier alpha value is -2.81. The minimum absolute atomic E-state index is 0.0156. The van der Waals surface area contributed by atoms with Gasteiger partial charge < -0.3 is 4.90 Å². The molecule has 0 saturated carbocycles. The molecule has 0 spiro atoms. The third-order valence-corrected chi connectivity index (χ3v) is 5.11. The second-order valence-electron chi connectivity index (χ2n) is 7.03. The molecule has 1 aliphatic heterocycles. The molecule has 0 bridgehead atoms. The van der Waals surface area contributed by atoms with E-state index in [0.29, 0.717) is 31.0 Å². The van der Waals surface area contributed by atoms with Crippen LogP contribution in [0.1, 0.15) is 23.4 Å². The summed E-state index contributed by atoms with van der Waals surface area (Å²) in [4.78, 5) is 27.2. The topological polar surface area (TPSA) is 84.5 Å². The van der Waals surface area contributed by atoms with E-state index in [1.807, 2.05) is 4.90 Å². The minimum Gasteiger partial charge on any atom is -0.340 e. The molecule has 28 heavy (non-hydrogen) atoms. The Morgan fingerprint density at radius 1 is 1.18 bits per heavy atom. The van der Waals surface area contributed by atoms with Crippen LogP contribution in [0.25, 0.3) is 0 Å². The molecular weight excluding hydrogens is 365 g/mol. The van der Waals surface area contributed by atoms with Crippen LogP contribution in [0.2, 0.25) is 0 Å². The lowest BCUT2D eigenvalue weighted by Gasteiger charge is -2.34. The van der Waals surface area contributed by atoms with E-state index in [1.165, 1.54) is 16.8 Å². The SMILES string of the molecule is Cc1nn(CCC(=O)N2CCN(Cc3ccc(F)cc3)CC2)c(C)c1[N+](=O)[O-]. The average Bonchev–Trinajstić information content (AvgIpc) is 2.95. The third-order valence-electron chi connectivity index (χ3n) is 5.11. The van der Waals surface area contributed by atoms with E-state index in [1.54, 1.807) is 26.0 Å². The molecule has 1 aromatic heterocycles. The number of hydrogen-bond donors (Lipinski definition) is 0. The van der Waals surface area contributed by atoms with Crippen LogP contribution in [0.5, 0.6) is 0 Å². The molecule has 150 valence electrons. The number of piperazine rings is 1. The third kappa shape index (κ3) is 4.53. The molecule has 8 nitrogen and oxygen atoms in total. The molecular formula is C19H24FN5O3. The van der Waals surface area contributed by atoms with Crippen LogP contribution in [0.15, 0.2) is 24.3 Å². The Bertz CT molecular complexity index is 857. The van der Waals surface area contributed by atoms with Crippen molar-refractivity contribution in [3.05, 3.63) is 57.1 Å². The van der Waals surface area contributed by atoms with Crippen molar-refractivity contribution in [2.45, 2.75) is 33.4 Å². The first-order chi connectivity index (χ1) is 13.3. The number of amides is 1. The summed E-state index contributed by atoms with van der Waals surface area (Å²) in [5.74, 6) is -0.219. The van der Waals surface area contributed by atoms with Crippen molar-refractivity contribution in [3.63, 3.8) is 0 Å². The van der Waals surface area contributed by atoms with Crippen molar-refractivity contribution >= 4 is 11.6 Å². The van der Waals surface area contributed by atoms with Gasteiger partial charge in [-0.05, 0) is 31.5 Å². The van der Waals surface area contributed by atoms with Crippen molar-refractivity contribution in [3.8, 4) is 0 Å². The smallest absolute Gasteiger partial charge is 0.312 e. The van der Waals surface area contributed by atoms with Crippen LogP contribution in [0, 0.1) is 29.8 Å². The van der Waals surface area contributed by atoms with Crippen molar-refractivity contribution in [1.82, 2.24) is 19.6 Å². The maximum atomic E-state index is 13.0. The van der Waals surface area contributed by atoms with Gasteiger partial charge >= 0.3 is 5.69 Å². The van der Waals surface area contributed by atoms with Gasteiger partial charge in [-0.2, -0.15) is 5.10 Å². The number of carbonyl (C=O) groups excluding carboxylic acids is 1. The summed E-state index contributed by atoms with van der Waals surface area (Å²) in [5.41, 5.74) is 1.90. The van der Waals surface area contributed by atoms with E-state index < -0.39 is 4.92 Å². The van der Waals surface area contributed by atoms with Crippen LogP contribution in [-0.2, 0) is 17.9 Å². The molecule has 0 aliphatic carbocycles. The van der Waals surface area contributed by atoms with Gasteiger partial charge in [-0.25, -0.2) is 4.39 Å². The van der Waals surface area contributed by atoms with Gasteiger partial charge in [-0.3, -0.25) is 24.5 Å². The van der Waals surface area contributed by atoms with Crippen LogP contribution in [0.3, 0.4) is 0 Å². The fourth-order valence-corrected chi connectivity index (χ4v) is 3.53. The van der Waals surface area contributed by atoms with Gasteiger partial charge in [-0.15, -0.1) is 0 Å². The number of benzene rings is 1. The molecule has 1 amide bonds. The van der Waals surface area contributed by atoms with Gasteiger partial charge in [0, 0.05) is 39.1 Å². The molecule has 1 saturated heterocycles. The normalized spacial score (nSPS) is 15.0. The van der Waals surface area contributed by atoms with E-state index in [2.05, 4.69) is 10.00 Å². The fraction of sp³-hybridized carbons (Fsp3) is 0.474. The Morgan fingerprint density at radius 2 is 1.82 bits per heavy atom. The standard InChI is InChI=1S/C19H24FN5O3/c1-14-19(25(27)28)15(2)24(21-14)8-7-18(26)23-11-9-22(10-12-23)13-16-3-5-17(20)6-4-16/h3-6H,7-13H2,1-2H3. The van der Waals surface area contributed by atoms with Gasteiger partial charge in [0.05, 0.1) is 11.5 Å². The fourth-order valence-electron chi connectivity index (χ4n) is 3.53. The maximum Gasteiger partial charge on any atom is 0.312 e. The van der Waals surface area contributed by atoms with E-state index in [4.69, 9.17) is 0 Å². The summed E-state index contributed by atoms with van der Waals surface area (Å²) < 4.78 is 14.5. The van der Waals surface area contributed by atoms with Crippen LogP contribution < -0.4 is 0 Å². The Morgan fingerprint density at radius 3 is 2.39 bits per heavy atom. The number of halogens is 1. The van der Waals surface area contributed by atoms with Crippen molar-refractivity contribution in [1.29, 1.82) is 0 Å². The quantitative estimate of drug-likeness (QED) is 0.559. The van der Waals surface area contributed by atoms with E-state index in [-0.39, 0.29) is 23.8 Å². The summed E-state index contributed by atoms with van der Waals surface area (Å²) in [5, 5.41) is 15.3. The minimum atomic E-state index is -0.434. The van der Waals surface area contributed by atoms with Crippen LogP contribution in [-0.4, -0.2) is 56.6 Å². The predicted octanol–water partition coefficient (Wildman–Crippen LogP) is 2.28. The molecule has 9 heteroatoms. The first-order valence-corrected chi connectivity index (χ1v) is 9.28. The molecule has 0 atom stereocenters. The predicted molar refractivity (Wildman–Crippen MR) is 101 cm³/mol. The van der Waals surface area contributed by atoms with E-state index >= 15 is 0 Å². The summed E-state index contributed by atoms with van der Waals surface area (Å²) in [7, 11) is 0. The van der Waals surface area contributed by atoms with Crippen molar-refractivity contribution < 1.29 is 14.1 Å². The number of rotatable bonds is 6. The van der Waals surface area contributed by atoms with Gasteiger partial charge in [0.15, 0.2) is 0 Å². The van der Waals surface area contributed by atoms with Crippen LogP contribution >= 0.6 is 0 Å². The molecule has 0 unspecified atom stereocenters. The Balaban J connectivity index is 1.48. The number of aryl methyl sites for hydroxylation is 2. The van der Waals surface area contributed by atoms with E-state index in [9.17, 15) is 19.3 Å². The largest absolute Gasteiger partial charge is 0.340 e. The summed E-state index contributed by atoms with van der Waals surface area (Å²) in [6.07, 6.45) is 0.261. The zero-order valence-electron chi connectivity index (χ0n) is 16.1. The molecule has 0 radical (unpaired) electrons. The number of hydrogen-bond acceptors (Lipinski definition) is 5. The first kappa shape index (κ1) is 19.9. The summed E-state index contributed by atoms with van der Waals surface area (Å²) in [6, 6.07) is 6.47. The highest BCUT2D eigenvalue weighted by Crippen LogP contribution is 2.22. The lowest BCUT2D eigenvalue weighted by Crippen LogP contribution is -2.48. The molecule has 1 aliphatic rings. The highest BCUT2D eigenvalue weighted by molar-refractivity contribution is 5.76. The molecule has 0 N–H and O–H groups in total. The molecule has 2 heterocycles. The highest BCUT2D eigenvalue weighted by Gasteiger charge is 2.24. The average molecular weight is 389 g/mol. The van der Waals surface area contributed by atoms with E-state index in [0.717, 1.165) is 25.2 Å². The first-order valence-electron chi connectivity index (χ1n) is 9.28. The molecule has 1 aromatic carbocycles. The second kappa shape index (κ2) is 8.47. The number of nitrogens with zero attached hydrogens (tertiary/aromatic N) is 5. The lowest BCUT2D eigenvalue weighted by atomic mass is 10.2. The molecule has 3 rings (SSSR count). The Labute approximate surface area is 162 Å². The van der Waals surface area contributed by atoms with Gasteiger partial charge in [-0.1, -0.05) is 12.1 Å². The molecule has 1 fully saturated rings. The highest BCUT2D eigenvalue weighted by atomic mass is 19.1. The van der Waals surface area contributed by atoms with Crippen LogP contribution in [0.4, 0.5) is 10.1 Å². The lowest BCUT2D eigenvalue weighted by molar-refractivity contribution is -0.386. The second-order valence-corrected chi connectivity index (χ2v) is 7.03.